The van der Waals surface area contributed by atoms with E-state index in [1.165, 1.54) is 14.0 Å². The van der Waals surface area contributed by atoms with E-state index in [1.54, 1.807) is 0 Å². The molecule has 0 aromatic rings. The van der Waals surface area contributed by atoms with Crippen molar-refractivity contribution in [1.29, 1.82) is 0 Å². The number of nitrogens with one attached hydrogen (secondary N) is 3. The normalized spacial score (nSPS) is 44.6. The Labute approximate surface area is 249 Å². The summed E-state index contributed by atoms with van der Waals surface area (Å²) >= 11 is 0. The van der Waals surface area contributed by atoms with Crippen LogP contribution in [0.2, 0.25) is 0 Å². The zero-order chi connectivity index (χ0) is 32.1. The first-order valence-corrected chi connectivity index (χ1v) is 14.4. The minimum Gasteiger partial charge on any atom is -0.396 e. The third-order valence-corrected chi connectivity index (χ3v) is 8.12. The first kappa shape index (κ1) is 36.3. The molecule has 3 rings (SSSR count). The Kier molecular flexibility index (Phi) is 13.4. The molecule has 2 saturated heterocycles. The number of rotatable bonds is 13. The smallest absolute Gasteiger partial charge is 0.250 e. The number of likely N-dealkylation sites (N-methyl/N-ethyl adjacent to an activating group) is 1. The van der Waals surface area contributed by atoms with Crippen molar-refractivity contribution < 1.29 is 64.6 Å². The number of hydrogen-bond donors (Lipinski definition) is 13. The molecule has 0 aromatic heterocycles. The summed E-state index contributed by atoms with van der Waals surface area (Å²) in [6.45, 7) is 1.21. The second-order valence-electron chi connectivity index (χ2n) is 11.5. The molecule has 18 heteroatoms. The van der Waals surface area contributed by atoms with Gasteiger partial charge in [0.2, 0.25) is 5.91 Å². The van der Waals surface area contributed by atoms with Gasteiger partial charge in [0.25, 0.3) is 0 Å². The maximum atomic E-state index is 12.5. The minimum atomic E-state index is -1.73. The van der Waals surface area contributed by atoms with Gasteiger partial charge in [-0.25, -0.2) is 0 Å². The summed E-state index contributed by atoms with van der Waals surface area (Å²) in [7, 11) is 1.52. The largest absolute Gasteiger partial charge is 0.396 e. The first-order valence-electron chi connectivity index (χ1n) is 14.4. The van der Waals surface area contributed by atoms with Crippen LogP contribution < -0.4 is 27.4 Å². The lowest BCUT2D eigenvalue weighted by molar-refractivity contribution is -0.330. The first-order chi connectivity index (χ1) is 20.3. The average Bonchev–Trinajstić information content (AvgIpc) is 2.96. The van der Waals surface area contributed by atoms with Crippen molar-refractivity contribution in [2.24, 2.45) is 11.5 Å². The highest BCUT2D eigenvalue weighted by Gasteiger charge is 2.53. The molecule has 15 N–H and O–H groups in total. The zero-order valence-electron chi connectivity index (χ0n) is 24.3. The molecule has 0 aromatic carbocycles. The minimum absolute atomic E-state index is 0.0424. The third kappa shape index (κ3) is 8.55. The van der Waals surface area contributed by atoms with Crippen LogP contribution in [0.5, 0.6) is 0 Å². The van der Waals surface area contributed by atoms with Gasteiger partial charge >= 0.3 is 0 Å². The van der Waals surface area contributed by atoms with E-state index in [2.05, 4.69) is 16.0 Å². The van der Waals surface area contributed by atoms with Crippen molar-refractivity contribution in [1.82, 2.24) is 16.0 Å². The summed E-state index contributed by atoms with van der Waals surface area (Å²) in [6, 6.07) is -2.95. The van der Waals surface area contributed by atoms with E-state index in [-0.39, 0.29) is 32.7 Å². The Morgan fingerprint density at radius 3 is 2.35 bits per heavy atom. The summed E-state index contributed by atoms with van der Waals surface area (Å²) in [5, 5.41) is 91.6. The monoisotopic (exact) mass is 627 g/mol. The van der Waals surface area contributed by atoms with E-state index < -0.39 is 97.1 Å². The molecule has 3 fully saturated rings. The molecule has 2 heterocycles. The number of carbonyl (C=O) groups is 1. The van der Waals surface area contributed by atoms with Gasteiger partial charge in [0, 0.05) is 25.7 Å². The topological polar surface area (TPSA) is 304 Å². The van der Waals surface area contributed by atoms with Crippen LogP contribution in [-0.2, 0) is 23.7 Å². The van der Waals surface area contributed by atoms with Crippen molar-refractivity contribution >= 4 is 5.91 Å². The van der Waals surface area contributed by atoms with Crippen LogP contribution in [0.1, 0.15) is 19.8 Å². The van der Waals surface area contributed by atoms with Crippen molar-refractivity contribution in [3.8, 4) is 0 Å². The molecule has 1 amide bonds. The number of aliphatic hydroxyl groups is 8. The van der Waals surface area contributed by atoms with Gasteiger partial charge in [-0.05, 0) is 33.4 Å². The van der Waals surface area contributed by atoms with Crippen LogP contribution in [0.3, 0.4) is 0 Å². The second-order valence-corrected chi connectivity index (χ2v) is 11.5. The van der Waals surface area contributed by atoms with Crippen LogP contribution in [-0.4, -0.2) is 178 Å². The van der Waals surface area contributed by atoms with Gasteiger partial charge in [-0.3, -0.25) is 4.79 Å². The highest BCUT2D eigenvalue weighted by molar-refractivity contribution is 5.81. The van der Waals surface area contributed by atoms with Crippen molar-refractivity contribution in [3.63, 3.8) is 0 Å². The quantitative estimate of drug-likeness (QED) is 0.0843. The van der Waals surface area contributed by atoms with Gasteiger partial charge in [0.05, 0.1) is 18.7 Å². The molecule has 15 atom stereocenters. The molecule has 3 aliphatic rings. The lowest BCUT2D eigenvalue weighted by Gasteiger charge is -2.49. The van der Waals surface area contributed by atoms with Crippen molar-refractivity contribution in [2.75, 3.05) is 39.9 Å². The summed E-state index contributed by atoms with van der Waals surface area (Å²) in [5.41, 5.74) is 10.3. The number of aliphatic hydroxyl groups excluding tert-OH is 7. The highest BCUT2D eigenvalue weighted by atomic mass is 16.7. The molecule has 43 heavy (non-hydrogen) atoms. The van der Waals surface area contributed by atoms with Crippen LogP contribution in [0, 0.1) is 0 Å². The van der Waals surface area contributed by atoms with Crippen molar-refractivity contribution in [3.05, 3.63) is 0 Å². The number of nitrogens with two attached hydrogens (primary N) is 2. The number of hydrogen-bond acceptors (Lipinski definition) is 17. The Bertz CT molecular complexity index is 877. The Morgan fingerprint density at radius 2 is 1.72 bits per heavy atom. The number of amides is 1. The van der Waals surface area contributed by atoms with Crippen LogP contribution in [0.25, 0.3) is 0 Å². The zero-order valence-corrected chi connectivity index (χ0v) is 24.3. The van der Waals surface area contributed by atoms with E-state index in [4.69, 9.17) is 35.5 Å². The van der Waals surface area contributed by atoms with Gasteiger partial charge < -0.3 is 87.2 Å². The molecule has 0 radical (unpaired) electrons. The second kappa shape index (κ2) is 15.9. The standard InChI is InChI=1S/C25H49N5O13/c1-25(39)9-40-23(18(37)21(25)28-2)43-20-11(30-22(38)12(32)7-26)6-10(27)19(17(20)36)42-24-16(35)15(34)14(33)13(41-24)8-29-4-3-5-31/h10-21,23-24,28-29,31-37,39H,3-9,26-27H2,1-2H3,(H,30,38)/t10-,11+,12-,13+,14+,15-,16+,17-,18+,19?,20-,21+,23+,24+,25-/m0/s1. The van der Waals surface area contributed by atoms with Gasteiger partial charge in [-0.15, -0.1) is 0 Å². The fourth-order valence-electron chi connectivity index (χ4n) is 5.64. The lowest BCUT2D eigenvalue weighted by Crippen LogP contribution is -2.70. The summed E-state index contributed by atoms with van der Waals surface area (Å²) < 4.78 is 23.1. The predicted molar refractivity (Wildman–Crippen MR) is 146 cm³/mol. The Hall–Kier alpha value is -1.17. The van der Waals surface area contributed by atoms with Crippen LogP contribution in [0.15, 0.2) is 0 Å². The summed E-state index contributed by atoms with van der Waals surface area (Å²) in [5.74, 6) is -0.860. The average molecular weight is 628 g/mol. The molecule has 18 nitrogen and oxygen atoms in total. The molecular weight excluding hydrogens is 578 g/mol. The molecule has 1 aliphatic carbocycles. The van der Waals surface area contributed by atoms with Crippen LogP contribution >= 0.6 is 0 Å². The molecule has 252 valence electrons. The SMILES string of the molecule is CN[C@@H]1[C@@H](O)[C@@H](O[C@H]2[C@H](NC(=O)[C@@H](O)CN)C[C@H](N)C(O[C@H]3O[C@H](CNCCCO)[C@@H](O)[C@H](O)[C@H]3O)[C@@H]2O)OC[C@]1(C)O. The maximum Gasteiger partial charge on any atom is 0.250 e. The molecule has 1 unspecified atom stereocenters. The maximum absolute atomic E-state index is 12.5. The van der Waals surface area contributed by atoms with E-state index in [0.29, 0.717) is 13.0 Å². The Morgan fingerprint density at radius 1 is 1.05 bits per heavy atom. The molecule has 0 bridgehead atoms. The summed E-state index contributed by atoms with van der Waals surface area (Å²) in [6.07, 6.45) is -15.9. The van der Waals surface area contributed by atoms with Gasteiger partial charge in [-0.1, -0.05) is 0 Å². The Balaban J connectivity index is 1.81. The number of ether oxygens (including phenoxy) is 4. The van der Waals surface area contributed by atoms with Crippen LogP contribution in [0.4, 0.5) is 0 Å². The molecule has 2 aliphatic heterocycles. The molecule has 1 saturated carbocycles. The molecular formula is C25H49N5O13. The van der Waals surface area contributed by atoms with E-state index >= 15 is 0 Å². The van der Waals surface area contributed by atoms with E-state index in [1.807, 2.05) is 0 Å². The molecule has 0 spiro atoms. The van der Waals surface area contributed by atoms with Gasteiger partial charge in [0.15, 0.2) is 12.6 Å². The van der Waals surface area contributed by atoms with Gasteiger partial charge in [0.1, 0.15) is 60.5 Å². The van der Waals surface area contributed by atoms with E-state index in [9.17, 15) is 40.5 Å². The summed E-state index contributed by atoms with van der Waals surface area (Å²) in [4.78, 5) is 12.5. The highest BCUT2D eigenvalue weighted by Crippen LogP contribution is 2.32. The fraction of sp³-hybridized carbons (Fsp3) is 0.960. The van der Waals surface area contributed by atoms with E-state index in [0.717, 1.165) is 0 Å². The fourth-order valence-corrected chi connectivity index (χ4v) is 5.64. The predicted octanol–water partition coefficient (Wildman–Crippen LogP) is -7.51. The number of carbonyl (C=O) groups excluding carboxylic acids is 1. The lowest BCUT2D eigenvalue weighted by atomic mass is 9.83. The third-order valence-electron chi connectivity index (χ3n) is 8.12. The van der Waals surface area contributed by atoms with Crippen molar-refractivity contribution in [2.45, 2.75) is 111 Å². The van der Waals surface area contributed by atoms with Gasteiger partial charge in [-0.2, -0.15) is 0 Å².